The van der Waals surface area contributed by atoms with E-state index in [1.807, 2.05) is 28.8 Å². The van der Waals surface area contributed by atoms with E-state index in [9.17, 15) is 9.90 Å². The number of aromatic carboxylic acids is 1. The average molecular weight is 442 g/mol. The molecule has 10 heteroatoms. The lowest BCUT2D eigenvalue weighted by atomic mass is 9.98. The van der Waals surface area contributed by atoms with Gasteiger partial charge < -0.3 is 5.11 Å². The molecule has 0 amide bonds. The Morgan fingerprint density at radius 2 is 1.88 bits per heavy atom. The second kappa shape index (κ2) is 8.65. The van der Waals surface area contributed by atoms with Crippen molar-refractivity contribution in [3.8, 4) is 22.5 Å². The first-order valence-electron chi connectivity index (χ1n) is 10.7. The number of aromatic amines is 1. The molecule has 10 nitrogen and oxygen atoms in total. The minimum Gasteiger partial charge on any atom is -0.476 e. The number of imidazole rings is 1. The normalized spacial score (nSPS) is 11.3. The lowest BCUT2D eigenvalue weighted by Gasteiger charge is -2.10. The summed E-state index contributed by atoms with van der Waals surface area (Å²) in [7, 11) is 0. The predicted octanol–water partition coefficient (Wildman–Crippen LogP) is 3.47. The molecule has 3 heterocycles. The summed E-state index contributed by atoms with van der Waals surface area (Å²) in [5.41, 5.74) is 4.04. The Labute approximate surface area is 188 Å². The number of aromatic nitrogens is 8. The van der Waals surface area contributed by atoms with Crippen LogP contribution in [0.4, 0.5) is 0 Å². The van der Waals surface area contributed by atoms with Crippen LogP contribution in [-0.4, -0.2) is 50.9 Å². The minimum absolute atomic E-state index is 0.0119. The summed E-state index contributed by atoms with van der Waals surface area (Å²) in [4.78, 5) is 15.6. The number of carboxylic acids is 1. The molecule has 0 unspecified atom stereocenters. The Hall–Kier alpha value is -4.34. The van der Waals surface area contributed by atoms with Crippen molar-refractivity contribution in [3.05, 3.63) is 71.8 Å². The van der Waals surface area contributed by atoms with E-state index in [4.69, 9.17) is 0 Å². The maximum Gasteiger partial charge on any atom is 0.356 e. The third-order valence-corrected chi connectivity index (χ3v) is 5.55. The fourth-order valence-electron chi connectivity index (χ4n) is 3.88. The van der Waals surface area contributed by atoms with Crippen molar-refractivity contribution < 1.29 is 9.90 Å². The molecule has 0 spiro atoms. The number of hydrogen-bond acceptors (Lipinski definition) is 6. The van der Waals surface area contributed by atoms with Crippen LogP contribution in [0.1, 0.15) is 41.6 Å². The van der Waals surface area contributed by atoms with Crippen LogP contribution in [0.5, 0.6) is 0 Å². The summed E-state index contributed by atoms with van der Waals surface area (Å²) < 4.78 is 3.55. The number of rotatable bonds is 8. The SMILES string of the molecule is CCCCc1nn2cc(C(=O)O)nc2n1Cc1ccc(-c2ccccc2-c2nnn[nH]2)cc1. The van der Waals surface area contributed by atoms with Crippen LogP contribution in [0.2, 0.25) is 0 Å². The van der Waals surface area contributed by atoms with E-state index >= 15 is 0 Å². The standard InChI is InChI=1S/C23H22N8O2/c1-2-3-8-20-27-31-14-19(22(32)33)24-23(31)30(20)13-15-9-11-16(12-10-15)17-6-4-5-7-18(17)21-25-28-29-26-21/h4-7,9-12,14H,2-3,8,13H2,1H3,(H,32,33)(H,25,26,28,29). The number of tetrazole rings is 1. The minimum atomic E-state index is -1.06. The highest BCUT2D eigenvalue weighted by molar-refractivity contribution is 5.85. The number of carbonyl (C=O) groups is 1. The topological polar surface area (TPSA) is 127 Å². The Morgan fingerprint density at radius 3 is 2.58 bits per heavy atom. The van der Waals surface area contributed by atoms with Crippen LogP contribution < -0.4 is 0 Å². The zero-order valence-electron chi connectivity index (χ0n) is 18.0. The summed E-state index contributed by atoms with van der Waals surface area (Å²) in [6, 6.07) is 16.2. The molecule has 0 fully saturated rings. The number of benzene rings is 2. The highest BCUT2D eigenvalue weighted by Crippen LogP contribution is 2.30. The van der Waals surface area contributed by atoms with E-state index in [1.54, 1.807) is 4.52 Å². The van der Waals surface area contributed by atoms with E-state index in [2.05, 4.69) is 61.9 Å². The van der Waals surface area contributed by atoms with Gasteiger partial charge in [-0.2, -0.15) is 5.10 Å². The molecule has 2 aromatic carbocycles. The van der Waals surface area contributed by atoms with Crippen molar-refractivity contribution in [1.82, 2.24) is 39.8 Å². The molecule has 0 bridgehead atoms. The van der Waals surface area contributed by atoms with E-state index < -0.39 is 5.97 Å². The van der Waals surface area contributed by atoms with Gasteiger partial charge in [-0.1, -0.05) is 61.9 Å². The van der Waals surface area contributed by atoms with Gasteiger partial charge in [0.05, 0.1) is 12.7 Å². The highest BCUT2D eigenvalue weighted by atomic mass is 16.4. The summed E-state index contributed by atoms with van der Waals surface area (Å²) >= 11 is 0. The number of hydrogen-bond donors (Lipinski definition) is 2. The fourth-order valence-corrected chi connectivity index (χ4v) is 3.88. The zero-order chi connectivity index (χ0) is 22.8. The second-order valence-corrected chi connectivity index (χ2v) is 7.77. The van der Waals surface area contributed by atoms with E-state index in [0.717, 1.165) is 47.3 Å². The molecule has 5 aromatic rings. The average Bonchev–Trinajstić information content (AvgIpc) is 3.56. The first kappa shape index (κ1) is 20.6. The molecule has 33 heavy (non-hydrogen) atoms. The van der Waals surface area contributed by atoms with E-state index in [1.165, 1.54) is 6.20 Å². The summed E-state index contributed by atoms with van der Waals surface area (Å²) in [6.45, 7) is 2.68. The molecule has 0 radical (unpaired) electrons. The lowest BCUT2D eigenvalue weighted by molar-refractivity contribution is 0.0691. The van der Waals surface area contributed by atoms with Crippen molar-refractivity contribution in [3.63, 3.8) is 0 Å². The number of nitrogens with one attached hydrogen (secondary N) is 1. The lowest BCUT2D eigenvalue weighted by Crippen LogP contribution is -2.07. The van der Waals surface area contributed by atoms with Gasteiger partial charge >= 0.3 is 5.97 Å². The van der Waals surface area contributed by atoms with Crippen LogP contribution in [-0.2, 0) is 13.0 Å². The van der Waals surface area contributed by atoms with Gasteiger partial charge in [0.15, 0.2) is 11.5 Å². The Morgan fingerprint density at radius 1 is 1.09 bits per heavy atom. The van der Waals surface area contributed by atoms with Gasteiger partial charge in [-0.15, -0.1) is 5.10 Å². The summed E-state index contributed by atoms with van der Waals surface area (Å²) in [6.07, 6.45) is 4.31. The van der Waals surface area contributed by atoms with Crippen LogP contribution in [0.25, 0.3) is 28.3 Å². The smallest absolute Gasteiger partial charge is 0.356 e. The Bertz CT molecular complexity index is 1400. The van der Waals surface area contributed by atoms with E-state index in [-0.39, 0.29) is 5.69 Å². The molecular formula is C23H22N8O2. The number of H-pyrrole nitrogens is 1. The van der Waals surface area contributed by atoms with Crippen molar-refractivity contribution in [2.75, 3.05) is 0 Å². The number of aryl methyl sites for hydroxylation is 1. The van der Waals surface area contributed by atoms with Gasteiger partial charge in [-0.3, -0.25) is 4.57 Å². The number of carboxylic acid groups (broad SMARTS) is 1. The second-order valence-electron chi connectivity index (χ2n) is 7.77. The number of fused-ring (bicyclic) bond motifs is 1. The molecular weight excluding hydrogens is 420 g/mol. The maximum absolute atomic E-state index is 11.4. The maximum atomic E-state index is 11.4. The van der Waals surface area contributed by atoms with Crippen molar-refractivity contribution >= 4 is 11.7 Å². The van der Waals surface area contributed by atoms with Gasteiger partial charge in [0.1, 0.15) is 5.82 Å². The molecule has 0 saturated heterocycles. The Balaban J connectivity index is 1.47. The quantitative estimate of drug-likeness (QED) is 0.377. The van der Waals surface area contributed by atoms with Crippen molar-refractivity contribution in [2.45, 2.75) is 32.7 Å². The molecule has 166 valence electrons. The third-order valence-electron chi connectivity index (χ3n) is 5.55. The van der Waals surface area contributed by atoms with Crippen LogP contribution in [0.3, 0.4) is 0 Å². The molecule has 2 N–H and O–H groups in total. The zero-order valence-corrected chi connectivity index (χ0v) is 18.0. The Kier molecular flexibility index (Phi) is 5.39. The monoisotopic (exact) mass is 442 g/mol. The van der Waals surface area contributed by atoms with Crippen LogP contribution >= 0.6 is 0 Å². The summed E-state index contributed by atoms with van der Waals surface area (Å²) in [5, 5.41) is 28.1. The summed E-state index contributed by atoms with van der Waals surface area (Å²) in [5.74, 6) is 0.978. The first-order valence-corrected chi connectivity index (χ1v) is 10.7. The molecule has 3 aromatic heterocycles. The van der Waals surface area contributed by atoms with Gasteiger partial charge in [-0.25, -0.2) is 19.4 Å². The first-order chi connectivity index (χ1) is 16.1. The van der Waals surface area contributed by atoms with Crippen LogP contribution in [0.15, 0.2) is 54.7 Å². The molecule has 5 rings (SSSR count). The van der Waals surface area contributed by atoms with Gasteiger partial charge in [0, 0.05) is 12.0 Å². The predicted molar refractivity (Wildman–Crippen MR) is 121 cm³/mol. The van der Waals surface area contributed by atoms with E-state index in [0.29, 0.717) is 18.1 Å². The molecule has 0 aliphatic heterocycles. The molecule has 0 atom stereocenters. The molecule has 0 aliphatic rings. The van der Waals surface area contributed by atoms with Gasteiger partial charge in [0.2, 0.25) is 5.78 Å². The van der Waals surface area contributed by atoms with Crippen LogP contribution in [0, 0.1) is 0 Å². The van der Waals surface area contributed by atoms with Gasteiger partial charge in [-0.05, 0) is 33.5 Å². The number of unbranched alkanes of at least 4 members (excludes halogenated alkanes) is 1. The molecule has 0 saturated carbocycles. The molecule has 0 aliphatic carbocycles. The fraction of sp³-hybridized carbons (Fsp3) is 0.217. The van der Waals surface area contributed by atoms with Crippen molar-refractivity contribution in [2.24, 2.45) is 0 Å². The largest absolute Gasteiger partial charge is 0.476 e. The van der Waals surface area contributed by atoms with Crippen molar-refractivity contribution in [1.29, 1.82) is 0 Å². The van der Waals surface area contributed by atoms with Gasteiger partial charge in [0.25, 0.3) is 0 Å². The third kappa shape index (κ3) is 3.98. The number of nitrogens with zero attached hydrogens (tertiary/aromatic N) is 7. The highest BCUT2D eigenvalue weighted by Gasteiger charge is 2.17.